The molecule has 0 aliphatic carbocycles. The average molecular weight is 292 g/mol. The van der Waals surface area contributed by atoms with Gasteiger partial charge in [0, 0.05) is 28.8 Å². The molecule has 1 heterocycles. The first-order valence-corrected chi connectivity index (χ1v) is 6.64. The zero-order valence-corrected chi connectivity index (χ0v) is 11.5. The molecular weight excluding hydrogens is 278 g/mol. The Kier molecular flexibility index (Phi) is 3.67. The van der Waals surface area contributed by atoms with Crippen LogP contribution in [0.1, 0.15) is 11.1 Å². The molecule has 3 rings (SSSR count). The summed E-state index contributed by atoms with van der Waals surface area (Å²) >= 11 is 6.11. The smallest absolute Gasteiger partial charge is 0.231 e. The summed E-state index contributed by atoms with van der Waals surface area (Å²) < 4.78 is 16.5. The van der Waals surface area contributed by atoms with Crippen LogP contribution in [0.2, 0.25) is 5.02 Å². The van der Waals surface area contributed by atoms with Crippen molar-refractivity contribution < 1.29 is 14.2 Å². The number of hydrogen-bond donors (Lipinski definition) is 1. The first-order valence-electron chi connectivity index (χ1n) is 6.26. The molecular formula is C15H14ClNO3. The van der Waals surface area contributed by atoms with Crippen LogP contribution in [0.3, 0.4) is 0 Å². The number of halogens is 1. The highest BCUT2D eigenvalue weighted by Crippen LogP contribution is 2.38. The molecule has 0 unspecified atom stereocenters. The molecule has 0 fully saturated rings. The Hall–Kier alpha value is -1.91. The largest absolute Gasteiger partial charge is 0.488 e. The highest BCUT2D eigenvalue weighted by molar-refractivity contribution is 6.31. The van der Waals surface area contributed by atoms with E-state index in [0.29, 0.717) is 35.4 Å². The lowest BCUT2D eigenvalue weighted by atomic mass is 10.1. The molecule has 2 aromatic rings. The highest BCUT2D eigenvalue weighted by Gasteiger charge is 2.17. The van der Waals surface area contributed by atoms with Crippen LogP contribution in [0.25, 0.3) is 0 Å². The second-order valence-electron chi connectivity index (χ2n) is 4.40. The average Bonchev–Trinajstić information content (AvgIpc) is 2.92. The lowest BCUT2D eigenvalue weighted by Gasteiger charge is -2.12. The predicted molar refractivity (Wildman–Crippen MR) is 76.2 cm³/mol. The van der Waals surface area contributed by atoms with E-state index in [0.717, 1.165) is 11.1 Å². The number of hydrogen-bond acceptors (Lipinski definition) is 4. The molecule has 0 saturated heterocycles. The van der Waals surface area contributed by atoms with Crippen LogP contribution in [0.5, 0.6) is 17.2 Å². The third kappa shape index (κ3) is 2.53. The van der Waals surface area contributed by atoms with E-state index in [1.165, 1.54) is 0 Å². The summed E-state index contributed by atoms with van der Waals surface area (Å²) in [5.74, 6) is 2.07. The lowest BCUT2D eigenvalue weighted by Crippen LogP contribution is -2.03. The maximum absolute atomic E-state index is 6.11. The topological polar surface area (TPSA) is 53.7 Å². The van der Waals surface area contributed by atoms with E-state index in [-0.39, 0.29) is 6.79 Å². The SMILES string of the molecule is NCc1cc2c(cc1OCc1ccccc1Cl)OCO2. The molecule has 2 N–H and O–H groups in total. The second-order valence-corrected chi connectivity index (χ2v) is 4.80. The van der Waals surface area contributed by atoms with Gasteiger partial charge in [0.15, 0.2) is 11.5 Å². The maximum Gasteiger partial charge on any atom is 0.231 e. The fourth-order valence-electron chi connectivity index (χ4n) is 2.03. The third-order valence-electron chi connectivity index (χ3n) is 3.12. The zero-order chi connectivity index (χ0) is 13.9. The summed E-state index contributed by atoms with van der Waals surface area (Å²) in [6.45, 7) is 0.980. The van der Waals surface area contributed by atoms with Crippen molar-refractivity contribution in [3.63, 3.8) is 0 Å². The minimum Gasteiger partial charge on any atom is -0.488 e. The van der Waals surface area contributed by atoms with Gasteiger partial charge < -0.3 is 19.9 Å². The number of rotatable bonds is 4. The molecule has 4 nitrogen and oxygen atoms in total. The van der Waals surface area contributed by atoms with E-state index in [1.54, 1.807) is 6.07 Å². The molecule has 0 spiro atoms. The lowest BCUT2D eigenvalue weighted by molar-refractivity contribution is 0.173. The molecule has 0 aromatic heterocycles. The minimum atomic E-state index is 0.229. The quantitative estimate of drug-likeness (QED) is 0.940. The molecule has 2 aromatic carbocycles. The van der Waals surface area contributed by atoms with Gasteiger partial charge in [-0.2, -0.15) is 0 Å². The van der Waals surface area contributed by atoms with Gasteiger partial charge >= 0.3 is 0 Å². The van der Waals surface area contributed by atoms with Crippen molar-refractivity contribution in [2.75, 3.05) is 6.79 Å². The van der Waals surface area contributed by atoms with Gasteiger partial charge in [0.25, 0.3) is 0 Å². The zero-order valence-electron chi connectivity index (χ0n) is 10.8. The molecule has 1 aliphatic rings. The molecule has 0 saturated carbocycles. The van der Waals surface area contributed by atoms with Crippen LogP contribution >= 0.6 is 11.6 Å². The Morgan fingerprint density at radius 3 is 2.60 bits per heavy atom. The van der Waals surface area contributed by atoms with E-state index >= 15 is 0 Å². The van der Waals surface area contributed by atoms with Crippen LogP contribution < -0.4 is 19.9 Å². The molecule has 0 radical (unpaired) electrons. The van der Waals surface area contributed by atoms with E-state index in [4.69, 9.17) is 31.5 Å². The van der Waals surface area contributed by atoms with Crippen molar-refractivity contribution in [1.82, 2.24) is 0 Å². The third-order valence-corrected chi connectivity index (χ3v) is 3.49. The predicted octanol–water partition coefficient (Wildman–Crippen LogP) is 3.11. The van der Waals surface area contributed by atoms with Crippen LogP contribution in [0, 0.1) is 0 Å². The van der Waals surface area contributed by atoms with Gasteiger partial charge in [-0.05, 0) is 12.1 Å². The molecule has 20 heavy (non-hydrogen) atoms. The summed E-state index contributed by atoms with van der Waals surface area (Å²) in [6.07, 6.45) is 0. The van der Waals surface area contributed by atoms with Gasteiger partial charge in [-0.3, -0.25) is 0 Å². The molecule has 1 aliphatic heterocycles. The van der Waals surface area contributed by atoms with E-state index < -0.39 is 0 Å². The molecule has 0 atom stereocenters. The number of nitrogens with two attached hydrogens (primary N) is 1. The first-order chi connectivity index (χ1) is 9.78. The van der Waals surface area contributed by atoms with Gasteiger partial charge in [-0.1, -0.05) is 29.8 Å². The van der Waals surface area contributed by atoms with Gasteiger partial charge in [-0.25, -0.2) is 0 Å². The molecule has 104 valence electrons. The summed E-state index contributed by atoms with van der Waals surface area (Å²) in [4.78, 5) is 0. The Bertz CT molecular complexity index is 631. The van der Waals surface area contributed by atoms with Gasteiger partial charge in [0.1, 0.15) is 12.4 Å². The van der Waals surface area contributed by atoms with Crippen molar-refractivity contribution in [2.24, 2.45) is 5.73 Å². The number of benzene rings is 2. The Labute approximate surface area is 122 Å². The van der Waals surface area contributed by atoms with Gasteiger partial charge in [0.05, 0.1) is 0 Å². The standard InChI is InChI=1S/C15H14ClNO3/c16-12-4-2-1-3-10(12)8-18-13-6-15-14(19-9-20-15)5-11(13)7-17/h1-6H,7-9,17H2. The summed E-state index contributed by atoms with van der Waals surface area (Å²) in [5, 5.41) is 0.683. The van der Waals surface area contributed by atoms with E-state index in [9.17, 15) is 0 Å². The van der Waals surface area contributed by atoms with Gasteiger partial charge in [0.2, 0.25) is 6.79 Å². The first kappa shape index (κ1) is 13.1. The van der Waals surface area contributed by atoms with E-state index in [2.05, 4.69) is 0 Å². The molecule has 0 amide bonds. The summed E-state index contributed by atoms with van der Waals surface area (Å²) in [6, 6.07) is 11.2. The summed E-state index contributed by atoms with van der Waals surface area (Å²) in [7, 11) is 0. The fraction of sp³-hybridized carbons (Fsp3) is 0.200. The van der Waals surface area contributed by atoms with Crippen molar-refractivity contribution in [1.29, 1.82) is 0 Å². The maximum atomic E-state index is 6.11. The van der Waals surface area contributed by atoms with Crippen molar-refractivity contribution in [2.45, 2.75) is 13.2 Å². The van der Waals surface area contributed by atoms with Gasteiger partial charge in [-0.15, -0.1) is 0 Å². The Morgan fingerprint density at radius 1 is 1.10 bits per heavy atom. The number of ether oxygens (including phenoxy) is 3. The Morgan fingerprint density at radius 2 is 1.85 bits per heavy atom. The monoisotopic (exact) mass is 291 g/mol. The van der Waals surface area contributed by atoms with Crippen LogP contribution in [-0.4, -0.2) is 6.79 Å². The van der Waals surface area contributed by atoms with Crippen molar-refractivity contribution in [3.05, 3.63) is 52.5 Å². The van der Waals surface area contributed by atoms with Crippen molar-refractivity contribution >= 4 is 11.6 Å². The Balaban J connectivity index is 1.82. The molecule has 0 bridgehead atoms. The fourth-order valence-corrected chi connectivity index (χ4v) is 2.22. The normalized spacial score (nSPS) is 12.5. The van der Waals surface area contributed by atoms with Crippen molar-refractivity contribution in [3.8, 4) is 17.2 Å². The number of fused-ring (bicyclic) bond motifs is 1. The second kappa shape index (κ2) is 5.61. The van der Waals surface area contributed by atoms with Crippen LogP contribution in [-0.2, 0) is 13.2 Å². The highest BCUT2D eigenvalue weighted by atomic mass is 35.5. The molecule has 5 heteroatoms. The van der Waals surface area contributed by atoms with E-state index in [1.807, 2.05) is 30.3 Å². The van der Waals surface area contributed by atoms with Crippen LogP contribution in [0.4, 0.5) is 0 Å². The van der Waals surface area contributed by atoms with Crippen LogP contribution in [0.15, 0.2) is 36.4 Å². The minimum absolute atomic E-state index is 0.229. The summed E-state index contributed by atoms with van der Waals surface area (Å²) in [5.41, 5.74) is 7.54.